The van der Waals surface area contributed by atoms with Gasteiger partial charge >= 0.3 is 0 Å². The fourth-order valence-corrected chi connectivity index (χ4v) is 3.77. The lowest BCUT2D eigenvalue weighted by Gasteiger charge is -2.34. The van der Waals surface area contributed by atoms with E-state index in [4.69, 9.17) is 0 Å². The van der Waals surface area contributed by atoms with Gasteiger partial charge in [-0.3, -0.25) is 0 Å². The van der Waals surface area contributed by atoms with Gasteiger partial charge in [0, 0.05) is 12.1 Å². The molecule has 2 heteroatoms. The zero-order valence-electron chi connectivity index (χ0n) is 12.0. The molecule has 0 aromatic carbocycles. The Morgan fingerprint density at radius 1 is 0.944 bits per heavy atom. The smallest absolute Gasteiger partial charge is 0.0587 e. The summed E-state index contributed by atoms with van der Waals surface area (Å²) in [5.41, 5.74) is 0. The van der Waals surface area contributed by atoms with Crippen LogP contribution in [0.15, 0.2) is 0 Å². The van der Waals surface area contributed by atoms with E-state index in [1.807, 2.05) is 0 Å². The fraction of sp³-hybridized carbons (Fsp3) is 1.00. The summed E-state index contributed by atoms with van der Waals surface area (Å²) < 4.78 is 0. The van der Waals surface area contributed by atoms with Crippen molar-refractivity contribution in [2.45, 2.75) is 83.2 Å². The molecule has 18 heavy (non-hydrogen) atoms. The van der Waals surface area contributed by atoms with E-state index in [0.29, 0.717) is 18.7 Å². The van der Waals surface area contributed by atoms with Crippen molar-refractivity contribution in [2.75, 3.05) is 6.61 Å². The van der Waals surface area contributed by atoms with E-state index in [2.05, 4.69) is 12.2 Å². The van der Waals surface area contributed by atoms with Crippen LogP contribution in [-0.4, -0.2) is 23.8 Å². The zero-order valence-corrected chi connectivity index (χ0v) is 12.0. The molecule has 0 aromatic heterocycles. The van der Waals surface area contributed by atoms with Gasteiger partial charge in [0.2, 0.25) is 0 Å². The lowest BCUT2D eigenvalue weighted by atomic mass is 9.79. The second-order valence-corrected chi connectivity index (χ2v) is 6.66. The summed E-state index contributed by atoms with van der Waals surface area (Å²) in [7, 11) is 0. The number of aliphatic hydroxyl groups is 1. The Labute approximate surface area is 113 Å². The normalized spacial score (nSPS) is 33.0. The molecule has 0 aliphatic heterocycles. The highest BCUT2D eigenvalue weighted by molar-refractivity contribution is 4.84. The average Bonchev–Trinajstić information content (AvgIpc) is 2.66. The highest BCUT2D eigenvalue weighted by Gasteiger charge is 2.27. The van der Waals surface area contributed by atoms with Crippen molar-refractivity contribution < 1.29 is 5.11 Å². The van der Waals surface area contributed by atoms with Gasteiger partial charge in [-0.1, -0.05) is 45.4 Å². The first-order chi connectivity index (χ1) is 8.79. The van der Waals surface area contributed by atoms with Crippen LogP contribution in [0.3, 0.4) is 0 Å². The van der Waals surface area contributed by atoms with E-state index in [-0.39, 0.29) is 0 Å². The lowest BCUT2D eigenvalue weighted by molar-refractivity contribution is 0.145. The van der Waals surface area contributed by atoms with Crippen LogP contribution in [0.2, 0.25) is 0 Å². The van der Waals surface area contributed by atoms with Crippen LogP contribution in [0, 0.1) is 11.8 Å². The summed E-state index contributed by atoms with van der Waals surface area (Å²) in [4.78, 5) is 0. The number of aliphatic hydroxyl groups excluding tert-OH is 1. The van der Waals surface area contributed by atoms with Gasteiger partial charge in [-0.2, -0.15) is 0 Å². The second kappa shape index (κ2) is 7.49. The van der Waals surface area contributed by atoms with Crippen LogP contribution in [0.25, 0.3) is 0 Å². The Hall–Kier alpha value is -0.0800. The van der Waals surface area contributed by atoms with Gasteiger partial charge < -0.3 is 10.4 Å². The number of nitrogens with one attached hydrogen (secondary N) is 1. The summed E-state index contributed by atoms with van der Waals surface area (Å²) >= 11 is 0. The van der Waals surface area contributed by atoms with Crippen molar-refractivity contribution in [2.24, 2.45) is 11.8 Å². The minimum atomic E-state index is 0.329. The van der Waals surface area contributed by atoms with Crippen molar-refractivity contribution >= 4 is 0 Å². The Kier molecular flexibility index (Phi) is 5.97. The molecule has 0 heterocycles. The Morgan fingerprint density at radius 3 is 2.11 bits per heavy atom. The molecule has 1 atom stereocenters. The summed E-state index contributed by atoms with van der Waals surface area (Å²) in [5, 5.41) is 13.5. The molecule has 0 bridgehead atoms. The zero-order chi connectivity index (χ0) is 12.8. The van der Waals surface area contributed by atoms with Gasteiger partial charge in [-0.15, -0.1) is 0 Å². The van der Waals surface area contributed by atoms with Crippen LogP contribution < -0.4 is 5.32 Å². The van der Waals surface area contributed by atoms with Crippen LogP contribution in [-0.2, 0) is 0 Å². The molecule has 0 radical (unpaired) electrons. The van der Waals surface area contributed by atoms with Crippen LogP contribution in [0.5, 0.6) is 0 Å². The van der Waals surface area contributed by atoms with Crippen LogP contribution in [0.1, 0.15) is 71.1 Å². The third-order valence-electron chi connectivity index (χ3n) is 5.13. The van der Waals surface area contributed by atoms with E-state index in [1.165, 1.54) is 64.2 Å². The highest BCUT2D eigenvalue weighted by Crippen LogP contribution is 2.31. The molecule has 2 fully saturated rings. The largest absolute Gasteiger partial charge is 0.395 e. The molecule has 0 amide bonds. The third-order valence-corrected chi connectivity index (χ3v) is 5.13. The standard InChI is InChI=1S/C16H31NO/c1-13-8-10-14(11-9-13)16(12-18)17-15-6-4-2-3-5-7-15/h13-18H,2-12H2,1H3. The quantitative estimate of drug-likeness (QED) is 0.752. The molecule has 2 N–H and O–H groups in total. The number of rotatable bonds is 4. The van der Waals surface area contributed by atoms with Crippen molar-refractivity contribution in [3.8, 4) is 0 Å². The fourth-order valence-electron chi connectivity index (χ4n) is 3.77. The lowest BCUT2D eigenvalue weighted by Crippen LogP contribution is -2.46. The Bertz CT molecular complexity index is 215. The maximum atomic E-state index is 9.68. The van der Waals surface area contributed by atoms with E-state index < -0.39 is 0 Å². The molecule has 2 aliphatic carbocycles. The van der Waals surface area contributed by atoms with Gasteiger partial charge in [0.1, 0.15) is 0 Å². The topological polar surface area (TPSA) is 32.3 Å². The molecule has 2 aliphatic rings. The maximum absolute atomic E-state index is 9.68. The van der Waals surface area contributed by atoms with Crippen molar-refractivity contribution in [3.63, 3.8) is 0 Å². The summed E-state index contributed by atoms with van der Waals surface area (Å²) in [6.45, 7) is 2.69. The van der Waals surface area contributed by atoms with Gasteiger partial charge in [0.15, 0.2) is 0 Å². The van der Waals surface area contributed by atoms with Gasteiger partial charge in [0.25, 0.3) is 0 Å². The molecule has 2 nitrogen and oxygen atoms in total. The molecule has 2 rings (SSSR count). The van der Waals surface area contributed by atoms with E-state index >= 15 is 0 Å². The molecule has 0 saturated heterocycles. The molecular formula is C16H31NO. The number of hydrogen-bond acceptors (Lipinski definition) is 2. The first-order valence-electron chi connectivity index (χ1n) is 8.16. The minimum absolute atomic E-state index is 0.329. The molecule has 0 aromatic rings. The predicted molar refractivity (Wildman–Crippen MR) is 76.6 cm³/mol. The third kappa shape index (κ3) is 4.24. The summed E-state index contributed by atoms with van der Waals surface area (Å²) in [6.07, 6.45) is 13.5. The summed E-state index contributed by atoms with van der Waals surface area (Å²) in [6, 6.07) is 1.03. The second-order valence-electron chi connectivity index (χ2n) is 6.66. The monoisotopic (exact) mass is 253 g/mol. The molecule has 1 unspecified atom stereocenters. The van der Waals surface area contributed by atoms with Crippen LogP contribution in [0.4, 0.5) is 0 Å². The first-order valence-corrected chi connectivity index (χ1v) is 8.16. The molecule has 2 saturated carbocycles. The SMILES string of the molecule is CC1CCC(C(CO)NC2CCCCCC2)CC1. The van der Waals surface area contributed by atoms with Crippen LogP contribution >= 0.6 is 0 Å². The van der Waals surface area contributed by atoms with Gasteiger partial charge in [-0.05, 0) is 37.5 Å². The highest BCUT2D eigenvalue weighted by atomic mass is 16.3. The predicted octanol–water partition coefficient (Wildman–Crippen LogP) is 3.49. The summed E-state index contributed by atoms with van der Waals surface area (Å²) in [5.74, 6) is 1.62. The molecule has 106 valence electrons. The van der Waals surface area contributed by atoms with Crippen molar-refractivity contribution in [1.29, 1.82) is 0 Å². The van der Waals surface area contributed by atoms with Gasteiger partial charge in [0.05, 0.1) is 6.61 Å². The van der Waals surface area contributed by atoms with E-state index in [1.54, 1.807) is 0 Å². The van der Waals surface area contributed by atoms with E-state index in [9.17, 15) is 5.11 Å². The van der Waals surface area contributed by atoms with E-state index in [0.717, 1.165) is 11.8 Å². The van der Waals surface area contributed by atoms with Crippen molar-refractivity contribution in [3.05, 3.63) is 0 Å². The van der Waals surface area contributed by atoms with Gasteiger partial charge in [-0.25, -0.2) is 0 Å². The molecular weight excluding hydrogens is 222 g/mol. The average molecular weight is 253 g/mol. The van der Waals surface area contributed by atoms with Crippen molar-refractivity contribution in [1.82, 2.24) is 5.32 Å². The maximum Gasteiger partial charge on any atom is 0.0587 e. The number of hydrogen-bond donors (Lipinski definition) is 2. The Balaban J connectivity index is 1.80. The minimum Gasteiger partial charge on any atom is -0.395 e. The molecule has 0 spiro atoms. The Morgan fingerprint density at radius 2 is 1.56 bits per heavy atom. The first kappa shape index (κ1) is 14.3.